The fraction of sp³-hybridized carbons (Fsp3) is 0.429. The number of methoxy groups -OCH3 is 1. The number of anilines is 1. The highest BCUT2D eigenvalue weighted by atomic mass is 79.9. The zero-order chi connectivity index (χ0) is 16.0. The summed E-state index contributed by atoms with van der Waals surface area (Å²) in [7, 11) is 1.57. The van der Waals surface area contributed by atoms with Crippen LogP contribution in [-0.2, 0) is 4.74 Å². The van der Waals surface area contributed by atoms with Gasteiger partial charge in [0.2, 0.25) is 0 Å². The zero-order valence-corrected chi connectivity index (χ0v) is 13.7. The van der Waals surface area contributed by atoms with Crippen LogP contribution in [0.15, 0.2) is 22.7 Å². The molecule has 1 rings (SSSR count). The van der Waals surface area contributed by atoms with Gasteiger partial charge in [0, 0.05) is 17.3 Å². The number of benzene rings is 1. The van der Waals surface area contributed by atoms with Crippen molar-refractivity contribution in [1.82, 2.24) is 5.32 Å². The van der Waals surface area contributed by atoms with E-state index in [0.717, 1.165) is 0 Å². The molecule has 0 aliphatic heterocycles. The van der Waals surface area contributed by atoms with Gasteiger partial charge in [-0.2, -0.15) is 0 Å². The van der Waals surface area contributed by atoms with Crippen LogP contribution in [0.3, 0.4) is 0 Å². The third kappa shape index (κ3) is 5.35. The molecule has 0 fully saturated rings. The second kappa shape index (κ2) is 7.99. The van der Waals surface area contributed by atoms with Crippen molar-refractivity contribution in [2.45, 2.75) is 19.9 Å². The molecule has 116 valence electrons. The molecular formula is C14H19BrN2O4. The molecule has 7 heteroatoms. The SMILES string of the molecule is COCC(NC(=O)Nc1ccc(Br)c(C(=O)O)c1)C(C)C. The number of rotatable bonds is 6. The van der Waals surface area contributed by atoms with Gasteiger partial charge in [0.15, 0.2) is 0 Å². The summed E-state index contributed by atoms with van der Waals surface area (Å²) in [6.07, 6.45) is 0. The molecule has 1 unspecified atom stereocenters. The maximum absolute atomic E-state index is 11.9. The molecule has 1 atom stereocenters. The quantitative estimate of drug-likeness (QED) is 0.729. The number of nitrogens with one attached hydrogen (secondary N) is 2. The third-order valence-electron chi connectivity index (χ3n) is 2.92. The number of ether oxygens (including phenoxy) is 1. The van der Waals surface area contributed by atoms with Crippen LogP contribution < -0.4 is 10.6 Å². The standard InChI is InChI=1S/C14H19BrN2O4/c1-8(2)12(7-21-3)17-14(20)16-9-4-5-11(15)10(6-9)13(18)19/h4-6,8,12H,7H2,1-3H3,(H,18,19)(H2,16,17,20). The Balaban J connectivity index is 2.74. The van der Waals surface area contributed by atoms with E-state index >= 15 is 0 Å². The lowest BCUT2D eigenvalue weighted by Gasteiger charge is -2.21. The number of carbonyl (C=O) groups is 2. The Hall–Kier alpha value is -1.60. The van der Waals surface area contributed by atoms with E-state index in [1.165, 1.54) is 6.07 Å². The smallest absolute Gasteiger partial charge is 0.336 e. The Kier molecular flexibility index (Phi) is 6.64. The number of hydrogen-bond acceptors (Lipinski definition) is 3. The second-order valence-corrected chi connectivity index (χ2v) is 5.76. The number of aromatic carboxylic acids is 1. The first-order chi connectivity index (χ1) is 9.85. The van der Waals surface area contributed by atoms with E-state index in [2.05, 4.69) is 26.6 Å². The van der Waals surface area contributed by atoms with Crippen LogP contribution in [0.25, 0.3) is 0 Å². The molecule has 2 amide bonds. The highest BCUT2D eigenvalue weighted by Crippen LogP contribution is 2.21. The third-order valence-corrected chi connectivity index (χ3v) is 3.61. The predicted octanol–water partition coefficient (Wildman–Crippen LogP) is 2.94. The average molecular weight is 359 g/mol. The van der Waals surface area contributed by atoms with E-state index in [1.54, 1.807) is 19.2 Å². The number of hydrogen-bond donors (Lipinski definition) is 3. The topological polar surface area (TPSA) is 87.7 Å². The Morgan fingerprint density at radius 3 is 2.57 bits per heavy atom. The van der Waals surface area contributed by atoms with Crippen molar-refractivity contribution in [2.24, 2.45) is 5.92 Å². The molecule has 0 heterocycles. The van der Waals surface area contributed by atoms with Crippen molar-refractivity contribution in [1.29, 1.82) is 0 Å². The summed E-state index contributed by atoms with van der Waals surface area (Å²) in [6, 6.07) is 4.08. The van der Waals surface area contributed by atoms with E-state index in [4.69, 9.17) is 9.84 Å². The van der Waals surface area contributed by atoms with E-state index < -0.39 is 12.0 Å². The van der Waals surface area contributed by atoms with Crippen LogP contribution in [0.2, 0.25) is 0 Å². The molecule has 3 N–H and O–H groups in total. The minimum Gasteiger partial charge on any atom is -0.478 e. The predicted molar refractivity (Wildman–Crippen MR) is 83.8 cm³/mol. The van der Waals surface area contributed by atoms with Gasteiger partial charge >= 0.3 is 12.0 Å². The fourth-order valence-electron chi connectivity index (χ4n) is 1.68. The molecule has 0 saturated carbocycles. The first-order valence-corrected chi connectivity index (χ1v) is 7.23. The lowest BCUT2D eigenvalue weighted by molar-refractivity contribution is 0.0696. The summed E-state index contributed by atoms with van der Waals surface area (Å²) in [5.74, 6) is -0.847. The zero-order valence-electron chi connectivity index (χ0n) is 12.1. The van der Waals surface area contributed by atoms with Gasteiger partial charge in [-0.25, -0.2) is 9.59 Å². The molecule has 1 aromatic rings. The Labute approximate surface area is 132 Å². The summed E-state index contributed by atoms with van der Waals surface area (Å²) in [5.41, 5.74) is 0.498. The minimum atomic E-state index is -1.06. The average Bonchev–Trinajstić information content (AvgIpc) is 2.40. The molecule has 0 bridgehead atoms. The van der Waals surface area contributed by atoms with Crippen LogP contribution in [0, 0.1) is 5.92 Å². The molecule has 0 spiro atoms. The minimum absolute atomic E-state index is 0.0881. The Bertz CT molecular complexity index is 520. The van der Waals surface area contributed by atoms with Crippen molar-refractivity contribution in [3.05, 3.63) is 28.2 Å². The van der Waals surface area contributed by atoms with Crippen molar-refractivity contribution >= 4 is 33.6 Å². The number of urea groups is 1. The van der Waals surface area contributed by atoms with Crippen molar-refractivity contribution < 1.29 is 19.4 Å². The largest absolute Gasteiger partial charge is 0.478 e. The number of amides is 2. The molecule has 6 nitrogen and oxygen atoms in total. The number of halogens is 1. The van der Waals surface area contributed by atoms with Gasteiger partial charge in [0.05, 0.1) is 18.2 Å². The van der Waals surface area contributed by atoms with Gasteiger partial charge in [-0.05, 0) is 40.0 Å². The molecular weight excluding hydrogens is 340 g/mol. The highest BCUT2D eigenvalue weighted by Gasteiger charge is 2.16. The number of carboxylic acids is 1. The van der Waals surface area contributed by atoms with E-state index in [-0.39, 0.29) is 17.5 Å². The Morgan fingerprint density at radius 2 is 2.05 bits per heavy atom. The van der Waals surface area contributed by atoms with Gasteiger partial charge in [-0.1, -0.05) is 13.8 Å². The van der Waals surface area contributed by atoms with Crippen LogP contribution in [-0.4, -0.2) is 36.9 Å². The van der Waals surface area contributed by atoms with Crippen LogP contribution in [0.4, 0.5) is 10.5 Å². The Morgan fingerprint density at radius 1 is 1.38 bits per heavy atom. The monoisotopic (exact) mass is 358 g/mol. The van der Waals surface area contributed by atoms with Crippen LogP contribution in [0.1, 0.15) is 24.2 Å². The van der Waals surface area contributed by atoms with Crippen LogP contribution in [0.5, 0.6) is 0 Å². The molecule has 0 aromatic heterocycles. The number of carbonyl (C=O) groups excluding carboxylic acids is 1. The van der Waals surface area contributed by atoms with Crippen LogP contribution >= 0.6 is 15.9 Å². The molecule has 0 saturated heterocycles. The van der Waals surface area contributed by atoms with Gasteiger partial charge in [0.1, 0.15) is 0 Å². The number of carboxylic acid groups (broad SMARTS) is 1. The summed E-state index contributed by atoms with van der Waals surface area (Å²) in [6.45, 7) is 4.37. The summed E-state index contributed by atoms with van der Waals surface area (Å²) < 4.78 is 5.51. The van der Waals surface area contributed by atoms with Crippen molar-refractivity contribution in [3.8, 4) is 0 Å². The van der Waals surface area contributed by atoms with Gasteiger partial charge in [0.25, 0.3) is 0 Å². The van der Waals surface area contributed by atoms with E-state index in [1.807, 2.05) is 13.8 Å². The first-order valence-electron chi connectivity index (χ1n) is 6.44. The summed E-state index contributed by atoms with van der Waals surface area (Å²) in [5, 5.41) is 14.5. The molecule has 0 radical (unpaired) electrons. The lowest BCUT2D eigenvalue weighted by atomic mass is 10.1. The molecule has 21 heavy (non-hydrogen) atoms. The molecule has 0 aliphatic carbocycles. The fourth-order valence-corrected chi connectivity index (χ4v) is 2.10. The maximum Gasteiger partial charge on any atom is 0.336 e. The highest BCUT2D eigenvalue weighted by molar-refractivity contribution is 9.10. The van der Waals surface area contributed by atoms with Gasteiger partial charge < -0.3 is 20.5 Å². The summed E-state index contributed by atoms with van der Waals surface area (Å²) >= 11 is 3.15. The van der Waals surface area contributed by atoms with Gasteiger partial charge in [-0.15, -0.1) is 0 Å². The van der Waals surface area contributed by atoms with E-state index in [9.17, 15) is 9.59 Å². The van der Waals surface area contributed by atoms with Crippen molar-refractivity contribution in [2.75, 3.05) is 19.0 Å². The lowest BCUT2D eigenvalue weighted by Crippen LogP contribution is -2.43. The van der Waals surface area contributed by atoms with Crippen molar-refractivity contribution in [3.63, 3.8) is 0 Å². The molecule has 1 aromatic carbocycles. The first kappa shape index (κ1) is 17.5. The summed E-state index contributed by atoms with van der Waals surface area (Å²) in [4.78, 5) is 23.0. The van der Waals surface area contributed by atoms with Gasteiger partial charge in [-0.3, -0.25) is 0 Å². The van der Waals surface area contributed by atoms with E-state index in [0.29, 0.717) is 16.8 Å². The maximum atomic E-state index is 11.9. The normalized spacial score (nSPS) is 12.0. The second-order valence-electron chi connectivity index (χ2n) is 4.90. The molecule has 0 aliphatic rings.